The molecule has 3 nitrogen and oxygen atoms in total. The van der Waals surface area contributed by atoms with Crippen LogP contribution in [-0.2, 0) is 11.2 Å². The standard InChI is InChI=1S/C13H18F2N2O/c1-2-12(16)8-13(18)17-4-3-9-5-10(14)7-11(15)6-9/h5-7,12H,2-4,8,16H2,1H3,(H,17,18). The maximum atomic E-state index is 12.9. The Kier molecular flexibility index (Phi) is 5.71. The van der Waals surface area contributed by atoms with E-state index in [0.29, 0.717) is 18.5 Å². The number of hydrogen-bond acceptors (Lipinski definition) is 2. The van der Waals surface area contributed by atoms with E-state index in [1.807, 2.05) is 6.92 Å². The van der Waals surface area contributed by atoms with Crippen LogP contribution in [0.1, 0.15) is 25.3 Å². The Labute approximate surface area is 105 Å². The highest BCUT2D eigenvalue weighted by Crippen LogP contribution is 2.08. The molecule has 1 amide bonds. The smallest absolute Gasteiger partial charge is 0.221 e. The van der Waals surface area contributed by atoms with E-state index in [2.05, 4.69) is 5.32 Å². The second-order valence-corrected chi connectivity index (χ2v) is 4.25. The summed E-state index contributed by atoms with van der Waals surface area (Å²) in [6, 6.07) is 3.19. The first-order valence-corrected chi connectivity index (χ1v) is 5.98. The number of amides is 1. The molecule has 3 N–H and O–H groups in total. The van der Waals surface area contributed by atoms with Crippen molar-refractivity contribution in [1.29, 1.82) is 0 Å². The van der Waals surface area contributed by atoms with Crippen LogP contribution in [0.3, 0.4) is 0 Å². The van der Waals surface area contributed by atoms with E-state index < -0.39 is 11.6 Å². The maximum Gasteiger partial charge on any atom is 0.221 e. The summed E-state index contributed by atoms with van der Waals surface area (Å²) in [7, 11) is 0. The van der Waals surface area contributed by atoms with Crippen LogP contribution in [0, 0.1) is 11.6 Å². The second kappa shape index (κ2) is 7.06. The molecule has 0 heterocycles. The summed E-state index contributed by atoms with van der Waals surface area (Å²) >= 11 is 0. The van der Waals surface area contributed by atoms with Gasteiger partial charge in [-0.1, -0.05) is 6.92 Å². The fraction of sp³-hybridized carbons (Fsp3) is 0.462. The van der Waals surface area contributed by atoms with Crippen molar-refractivity contribution >= 4 is 5.91 Å². The predicted molar refractivity (Wildman–Crippen MR) is 66.0 cm³/mol. The minimum atomic E-state index is -0.607. The Morgan fingerprint density at radius 1 is 1.33 bits per heavy atom. The molecule has 100 valence electrons. The summed E-state index contributed by atoms with van der Waals surface area (Å²) in [6.07, 6.45) is 1.40. The van der Waals surface area contributed by atoms with Crippen LogP contribution in [0.2, 0.25) is 0 Å². The molecule has 0 radical (unpaired) electrons. The summed E-state index contributed by atoms with van der Waals surface area (Å²) in [5.41, 5.74) is 6.16. The van der Waals surface area contributed by atoms with Gasteiger partial charge < -0.3 is 11.1 Å². The first-order valence-electron chi connectivity index (χ1n) is 5.98. The zero-order valence-electron chi connectivity index (χ0n) is 10.4. The van der Waals surface area contributed by atoms with Crippen molar-refractivity contribution in [2.24, 2.45) is 5.73 Å². The van der Waals surface area contributed by atoms with Crippen molar-refractivity contribution in [1.82, 2.24) is 5.32 Å². The number of benzene rings is 1. The fourth-order valence-corrected chi connectivity index (χ4v) is 1.56. The minimum absolute atomic E-state index is 0.138. The Balaban J connectivity index is 2.35. The van der Waals surface area contributed by atoms with Gasteiger partial charge >= 0.3 is 0 Å². The summed E-state index contributed by atoms with van der Waals surface area (Å²) in [6.45, 7) is 2.26. The lowest BCUT2D eigenvalue weighted by Gasteiger charge is -2.09. The molecular weight excluding hydrogens is 238 g/mol. The molecule has 0 saturated carbocycles. The summed E-state index contributed by atoms with van der Waals surface area (Å²) in [5, 5.41) is 2.67. The number of hydrogen-bond donors (Lipinski definition) is 2. The van der Waals surface area contributed by atoms with Crippen molar-refractivity contribution in [2.45, 2.75) is 32.2 Å². The van der Waals surface area contributed by atoms with Gasteiger partial charge in [0.2, 0.25) is 5.91 Å². The molecule has 0 spiro atoms. The van der Waals surface area contributed by atoms with Crippen LogP contribution in [-0.4, -0.2) is 18.5 Å². The van der Waals surface area contributed by atoms with Gasteiger partial charge in [-0.05, 0) is 30.5 Å². The normalized spacial score (nSPS) is 12.2. The molecule has 0 aliphatic rings. The quantitative estimate of drug-likeness (QED) is 0.814. The highest BCUT2D eigenvalue weighted by molar-refractivity contribution is 5.76. The average molecular weight is 256 g/mol. The number of halogens is 2. The Morgan fingerprint density at radius 2 is 1.94 bits per heavy atom. The zero-order chi connectivity index (χ0) is 13.5. The van der Waals surface area contributed by atoms with E-state index >= 15 is 0 Å². The highest BCUT2D eigenvalue weighted by atomic mass is 19.1. The Bertz CT molecular complexity index is 390. The molecular formula is C13H18F2N2O. The topological polar surface area (TPSA) is 55.1 Å². The SMILES string of the molecule is CCC(N)CC(=O)NCCc1cc(F)cc(F)c1. The first-order chi connectivity index (χ1) is 8.51. The lowest BCUT2D eigenvalue weighted by molar-refractivity contribution is -0.121. The predicted octanol–water partition coefficient (Wildman–Crippen LogP) is 1.75. The third-order valence-corrected chi connectivity index (χ3v) is 2.63. The van der Waals surface area contributed by atoms with Gasteiger partial charge in [0.05, 0.1) is 0 Å². The molecule has 1 unspecified atom stereocenters. The van der Waals surface area contributed by atoms with Gasteiger partial charge in [0.1, 0.15) is 11.6 Å². The first kappa shape index (κ1) is 14.6. The minimum Gasteiger partial charge on any atom is -0.356 e. The number of nitrogens with one attached hydrogen (secondary N) is 1. The second-order valence-electron chi connectivity index (χ2n) is 4.25. The molecule has 1 aromatic rings. The van der Waals surface area contributed by atoms with Gasteiger partial charge in [-0.25, -0.2) is 8.78 Å². The van der Waals surface area contributed by atoms with E-state index in [0.717, 1.165) is 12.5 Å². The summed E-state index contributed by atoms with van der Waals surface area (Å²) in [4.78, 5) is 11.4. The van der Waals surface area contributed by atoms with E-state index in [-0.39, 0.29) is 18.4 Å². The molecule has 1 aromatic carbocycles. The fourth-order valence-electron chi connectivity index (χ4n) is 1.56. The van der Waals surface area contributed by atoms with Crippen LogP contribution in [0.25, 0.3) is 0 Å². The van der Waals surface area contributed by atoms with E-state index in [9.17, 15) is 13.6 Å². The maximum absolute atomic E-state index is 12.9. The molecule has 18 heavy (non-hydrogen) atoms. The van der Waals surface area contributed by atoms with E-state index in [1.165, 1.54) is 12.1 Å². The van der Waals surface area contributed by atoms with Gasteiger partial charge in [0.25, 0.3) is 0 Å². The third kappa shape index (κ3) is 5.23. The Hall–Kier alpha value is -1.49. The van der Waals surface area contributed by atoms with Crippen LogP contribution in [0.4, 0.5) is 8.78 Å². The average Bonchev–Trinajstić information content (AvgIpc) is 2.27. The van der Waals surface area contributed by atoms with Crippen molar-refractivity contribution in [3.8, 4) is 0 Å². The Morgan fingerprint density at radius 3 is 2.50 bits per heavy atom. The summed E-state index contributed by atoms with van der Waals surface area (Å²) < 4.78 is 25.8. The molecule has 0 aliphatic heterocycles. The molecule has 0 aliphatic carbocycles. The molecule has 1 atom stereocenters. The monoisotopic (exact) mass is 256 g/mol. The number of carbonyl (C=O) groups excluding carboxylic acids is 1. The zero-order valence-corrected chi connectivity index (χ0v) is 10.4. The molecule has 5 heteroatoms. The van der Waals surface area contributed by atoms with Gasteiger partial charge in [-0.15, -0.1) is 0 Å². The van der Waals surface area contributed by atoms with Crippen LogP contribution in [0.5, 0.6) is 0 Å². The molecule has 0 saturated heterocycles. The van der Waals surface area contributed by atoms with E-state index in [4.69, 9.17) is 5.73 Å². The van der Waals surface area contributed by atoms with Crippen LogP contribution >= 0.6 is 0 Å². The van der Waals surface area contributed by atoms with Gasteiger partial charge in [-0.2, -0.15) is 0 Å². The number of nitrogens with two attached hydrogens (primary N) is 1. The lowest BCUT2D eigenvalue weighted by Crippen LogP contribution is -2.32. The van der Waals surface area contributed by atoms with Crippen molar-refractivity contribution in [2.75, 3.05) is 6.54 Å². The molecule has 0 fully saturated rings. The number of carbonyl (C=O) groups is 1. The van der Waals surface area contributed by atoms with Crippen molar-refractivity contribution in [3.05, 3.63) is 35.4 Å². The van der Waals surface area contributed by atoms with Gasteiger partial charge in [0, 0.05) is 25.1 Å². The molecule has 0 bridgehead atoms. The van der Waals surface area contributed by atoms with Crippen molar-refractivity contribution in [3.63, 3.8) is 0 Å². The highest BCUT2D eigenvalue weighted by Gasteiger charge is 2.07. The van der Waals surface area contributed by atoms with Gasteiger partial charge in [-0.3, -0.25) is 4.79 Å². The molecule has 1 rings (SSSR count). The molecule has 0 aromatic heterocycles. The van der Waals surface area contributed by atoms with Crippen LogP contribution in [0.15, 0.2) is 18.2 Å². The van der Waals surface area contributed by atoms with Crippen LogP contribution < -0.4 is 11.1 Å². The largest absolute Gasteiger partial charge is 0.356 e. The number of rotatable bonds is 6. The summed E-state index contributed by atoms with van der Waals surface area (Å²) in [5.74, 6) is -1.35. The van der Waals surface area contributed by atoms with E-state index in [1.54, 1.807) is 0 Å². The third-order valence-electron chi connectivity index (χ3n) is 2.63. The lowest BCUT2D eigenvalue weighted by atomic mass is 10.1. The van der Waals surface area contributed by atoms with Crippen molar-refractivity contribution < 1.29 is 13.6 Å². The van der Waals surface area contributed by atoms with Gasteiger partial charge in [0.15, 0.2) is 0 Å².